The van der Waals surface area contributed by atoms with Gasteiger partial charge < -0.3 is 29.9 Å². The number of aliphatic hydroxyl groups is 1. The number of anilines is 1. The van der Waals surface area contributed by atoms with Crippen molar-refractivity contribution in [3.63, 3.8) is 0 Å². The number of benzene rings is 1. The maximum atomic E-state index is 13.4. The molecule has 1 aromatic carbocycles. The number of Topliss-reactive ketones (excluding diaryl/α,β-unsaturated/α-hetero) is 1. The Balaban J connectivity index is 3.55. The number of ether oxygens (including phenoxy) is 3. The van der Waals surface area contributed by atoms with Crippen LogP contribution in [0.1, 0.15) is 39.7 Å². The van der Waals surface area contributed by atoms with Gasteiger partial charge in [0.15, 0.2) is 30.0 Å². The van der Waals surface area contributed by atoms with Crippen molar-refractivity contribution in [3.8, 4) is 5.75 Å². The predicted octanol–water partition coefficient (Wildman–Crippen LogP) is 0.831. The summed E-state index contributed by atoms with van der Waals surface area (Å²) in [5, 5.41) is 10.5. The molecule has 4 atom stereocenters. The summed E-state index contributed by atoms with van der Waals surface area (Å²) < 4.78 is 41.4. The Morgan fingerprint density at radius 2 is 1.66 bits per heavy atom. The van der Waals surface area contributed by atoms with Gasteiger partial charge in [-0.15, -0.1) is 0 Å². The zero-order valence-electron chi connectivity index (χ0n) is 19.2. The van der Waals surface area contributed by atoms with E-state index in [1.807, 2.05) is 0 Å². The zero-order chi connectivity index (χ0) is 26.9. The Morgan fingerprint density at radius 1 is 1.06 bits per heavy atom. The number of hydrogen-bond acceptors (Lipinski definition) is 12. The number of hydrogen-bond donors (Lipinski definition) is 2. The molecule has 0 bridgehead atoms. The second-order valence-corrected chi connectivity index (χ2v) is 7.21. The van der Waals surface area contributed by atoms with Crippen molar-refractivity contribution < 1.29 is 61.8 Å². The summed E-state index contributed by atoms with van der Waals surface area (Å²) in [5.41, 5.74) is 1.73. The van der Waals surface area contributed by atoms with Crippen LogP contribution in [-0.2, 0) is 43.1 Å². The Bertz CT molecular complexity index is 955. The van der Waals surface area contributed by atoms with E-state index in [2.05, 4.69) is 4.74 Å². The fraction of sp³-hybridized carbons (Fsp3) is 0.476. The molecule has 0 amide bonds. The van der Waals surface area contributed by atoms with Crippen LogP contribution < -0.4 is 10.6 Å². The third-order valence-electron chi connectivity index (χ3n) is 4.42. The molecule has 0 spiro atoms. The van der Waals surface area contributed by atoms with Crippen LogP contribution in [0.2, 0.25) is 0 Å². The Labute approximate surface area is 198 Å². The van der Waals surface area contributed by atoms with Gasteiger partial charge in [-0.05, 0) is 25.1 Å². The first-order valence-corrected chi connectivity index (χ1v) is 9.91. The van der Waals surface area contributed by atoms with Crippen LogP contribution in [0.5, 0.6) is 5.75 Å². The number of esters is 3. The number of nitrogen functional groups attached to an aromatic ring is 1. The number of carbonyl (C=O) groups is 5. The summed E-state index contributed by atoms with van der Waals surface area (Å²) in [7, 11) is 0. The molecule has 1 rings (SSSR count). The smallest absolute Gasteiger partial charge is 0.303 e. The van der Waals surface area contributed by atoms with Gasteiger partial charge in [0.25, 0.3) is 12.0 Å². The molecule has 0 saturated carbocycles. The van der Waals surface area contributed by atoms with Gasteiger partial charge in [0.05, 0.1) is 5.56 Å². The van der Waals surface area contributed by atoms with Gasteiger partial charge in [-0.2, -0.15) is 4.89 Å². The molecule has 1 aromatic rings. The van der Waals surface area contributed by atoms with Crippen LogP contribution in [0.4, 0.5) is 14.5 Å². The third kappa shape index (κ3) is 7.96. The maximum Gasteiger partial charge on any atom is 0.303 e. The predicted molar refractivity (Wildman–Crippen MR) is 111 cm³/mol. The van der Waals surface area contributed by atoms with Gasteiger partial charge in [0, 0.05) is 26.5 Å². The molecular weight excluding hydrogens is 480 g/mol. The van der Waals surface area contributed by atoms with E-state index in [1.54, 1.807) is 0 Å². The number of aldehydes is 1. The van der Waals surface area contributed by atoms with Gasteiger partial charge in [-0.3, -0.25) is 24.0 Å². The summed E-state index contributed by atoms with van der Waals surface area (Å²) in [5.74, 6) is -4.86. The van der Waals surface area contributed by atoms with Crippen molar-refractivity contribution in [2.24, 2.45) is 0 Å². The number of halogens is 2. The Morgan fingerprint density at radius 3 is 2.11 bits per heavy atom. The molecule has 12 nitrogen and oxygen atoms in total. The van der Waals surface area contributed by atoms with Crippen LogP contribution in [0.3, 0.4) is 0 Å². The van der Waals surface area contributed by atoms with Gasteiger partial charge in [0.2, 0.25) is 0 Å². The maximum absolute atomic E-state index is 13.4. The van der Waals surface area contributed by atoms with Crippen molar-refractivity contribution in [2.45, 2.75) is 58.0 Å². The summed E-state index contributed by atoms with van der Waals surface area (Å²) in [6.07, 6.45) is -9.47. The first kappa shape index (κ1) is 29.4. The van der Waals surface area contributed by atoms with E-state index >= 15 is 0 Å². The quantitative estimate of drug-likeness (QED) is 0.0735. The highest BCUT2D eigenvalue weighted by molar-refractivity contribution is 6.01. The highest BCUT2D eigenvalue weighted by atomic mass is 19.3. The average Bonchev–Trinajstić information content (AvgIpc) is 2.75. The van der Waals surface area contributed by atoms with Gasteiger partial charge in [0.1, 0.15) is 12.7 Å². The normalized spacial score (nSPS) is 15.2. The van der Waals surface area contributed by atoms with Gasteiger partial charge in [-0.25, -0.2) is 8.78 Å². The standard InChI is InChI=1S/C21H25F2NO11/c1-10(26)21(9-25,35-34-17-6-5-14(24)7-15(17)20(22)23)19(33-13(4)29)18(32-12(3)28)16(30)8-31-11(2)27/h5-7,9,16,18-20,30H,8,24H2,1-4H3/t16-,18+,19+,21-/m1/s1. The van der Waals surface area contributed by atoms with E-state index in [9.17, 15) is 37.9 Å². The topological polar surface area (TPSA) is 178 Å². The SMILES string of the molecule is CC(=O)OC[C@@H](O)[C@H](OC(C)=O)[C@H](OC(C)=O)[C@](C=O)(OOc1ccc(N)cc1C(F)F)C(C)=O. The number of nitrogens with two attached hydrogens (primary N) is 1. The number of aliphatic hydroxyl groups excluding tert-OH is 1. The van der Waals surface area contributed by atoms with Crippen molar-refractivity contribution >= 4 is 35.7 Å². The summed E-state index contributed by atoms with van der Waals surface area (Å²) in [6.45, 7) is 2.75. The molecule has 0 fully saturated rings. The lowest BCUT2D eigenvalue weighted by Gasteiger charge is -2.37. The number of ketones is 1. The summed E-state index contributed by atoms with van der Waals surface area (Å²) in [4.78, 5) is 69.2. The zero-order valence-corrected chi connectivity index (χ0v) is 19.2. The highest BCUT2D eigenvalue weighted by Gasteiger charge is 2.56. The van der Waals surface area contributed by atoms with Crippen molar-refractivity contribution in [2.75, 3.05) is 12.3 Å². The highest BCUT2D eigenvalue weighted by Crippen LogP contribution is 2.33. The fourth-order valence-electron chi connectivity index (χ4n) is 2.81. The first-order chi connectivity index (χ1) is 16.2. The third-order valence-corrected chi connectivity index (χ3v) is 4.42. The van der Waals surface area contributed by atoms with Crippen molar-refractivity contribution in [1.82, 2.24) is 0 Å². The van der Waals surface area contributed by atoms with Crippen LogP contribution in [0, 0.1) is 0 Å². The van der Waals surface area contributed by atoms with E-state index in [0.29, 0.717) is 0 Å². The molecule has 0 aromatic heterocycles. The molecule has 3 N–H and O–H groups in total. The molecule has 35 heavy (non-hydrogen) atoms. The minimum Gasteiger partial charge on any atom is -0.463 e. The minimum atomic E-state index is -3.11. The fourth-order valence-corrected chi connectivity index (χ4v) is 2.81. The van der Waals surface area contributed by atoms with Crippen LogP contribution in [0.15, 0.2) is 18.2 Å². The molecule has 194 valence electrons. The molecule has 0 heterocycles. The van der Waals surface area contributed by atoms with Crippen molar-refractivity contribution in [3.05, 3.63) is 23.8 Å². The molecule has 0 saturated heterocycles. The monoisotopic (exact) mass is 505 g/mol. The van der Waals surface area contributed by atoms with Crippen LogP contribution in [-0.4, -0.2) is 65.6 Å². The molecular formula is C21H25F2NO11. The number of alkyl halides is 2. The van der Waals surface area contributed by atoms with Crippen LogP contribution in [0.25, 0.3) is 0 Å². The lowest BCUT2D eigenvalue weighted by molar-refractivity contribution is -0.302. The molecule has 0 radical (unpaired) electrons. The first-order valence-electron chi connectivity index (χ1n) is 9.91. The molecule has 0 aliphatic heterocycles. The van der Waals surface area contributed by atoms with E-state index in [4.69, 9.17) is 25.0 Å². The molecule has 0 unspecified atom stereocenters. The van der Waals surface area contributed by atoms with Crippen molar-refractivity contribution in [1.29, 1.82) is 0 Å². The van der Waals surface area contributed by atoms with Gasteiger partial charge in [-0.1, -0.05) is 0 Å². The second kappa shape index (κ2) is 12.7. The largest absolute Gasteiger partial charge is 0.463 e. The molecule has 0 aliphatic carbocycles. The second-order valence-electron chi connectivity index (χ2n) is 7.21. The van der Waals surface area contributed by atoms with E-state index in [0.717, 1.165) is 45.9 Å². The molecule has 14 heteroatoms. The minimum absolute atomic E-state index is 0.0535. The Kier molecular flexibility index (Phi) is 10.7. The summed E-state index contributed by atoms with van der Waals surface area (Å²) >= 11 is 0. The van der Waals surface area contributed by atoms with E-state index in [1.165, 1.54) is 0 Å². The number of carbonyl (C=O) groups excluding carboxylic acids is 5. The van der Waals surface area contributed by atoms with Gasteiger partial charge >= 0.3 is 17.9 Å². The van der Waals surface area contributed by atoms with Crippen LogP contribution >= 0.6 is 0 Å². The lowest BCUT2D eigenvalue weighted by atomic mass is 9.87. The summed E-state index contributed by atoms with van der Waals surface area (Å²) in [6, 6.07) is 2.98. The van der Waals surface area contributed by atoms with E-state index in [-0.39, 0.29) is 12.0 Å². The van der Waals surface area contributed by atoms with E-state index < -0.39 is 71.9 Å². The number of rotatable bonds is 13. The molecule has 0 aliphatic rings. The Hall–Kier alpha value is -3.65. The average molecular weight is 505 g/mol. The lowest BCUT2D eigenvalue weighted by Crippen LogP contribution is -2.62.